The molecule has 0 saturated carbocycles. The summed E-state index contributed by atoms with van der Waals surface area (Å²) < 4.78 is 0. The normalized spacial score (nSPS) is 15.2. The number of aryl methyl sites for hydroxylation is 2. The van der Waals surface area contributed by atoms with E-state index < -0.39 is 5.41 Å². The van der Waals surface area contributed by atoms with Crippen LogP contribution in [0.3, 0.4) is 0 Å². The van der Waals surface area contributed by atoms with Gasteiger partial charge in [0.15, 0.2) is 0 Å². The molecule has 14 aromatic carbocycles. The lowest BCUT2D eigenvalue weighted by molar-refractivity contribution is 0.659. The van der Waals surface area contributed by atoms with E-state index in [-0.39, 0.29) is 16.2 Å². The van der Waals surface area contributed by atoms with Crippen LogP contribution < -0.4 is 4.90 Å². The van der Waals surface area contributed by atoms with Gasteiger partial charge in [0.2, 0.25) is 0 Å². The monoisotopic (exact) mass is 1160 g/mol. The van der Waals surface area contributed by atoms with Gasteiger partial charge in [-0.3, -0.25) is 0 Å². The van der Waals surface area contributed by atoms with Gasteiger partial charge in [-0.2, -0.15) is 0 Å². The van der Waals surface area contributed by atoms with Crippen molar-refractivity contribution in [3.63, 3.8) is 0 Å². The van der Waals surface area contributed by atoms with Crippen molar-refractivity contribution in [3.8, 4) is 66.8 Å². The number of hydrogen-bond donors (Lipinski definition) is 0. The van der Waals surface area contributed by atoms with Crippen LogP contribution >= 0.6 is 0 Å². The molecule has 1 heteroatoms. The second-order valence-electron chi connectivity index (χ2n) is 28.1. The summed E-state index contributed by atoms with van der Waals surface area (Å²) in [5.41, 5.74) is 34.0. The van der Waals surface area contributed by atoms with E-state index in [1.807, 2.05) is 0 Å². The first-order valence-corrected chi connectivity index (χ1v) is 32.5. The minimum atomic E-state index is -0.492. The van der Waals surface area contributed by atoms with Crippen molar-refractivity contribution in [2.75, 3.05) is 4.90 Å². The molecule has 4 aliphatic rings. The van der Waals surface area contributed by atoms with Gasteiger partial charge in [-0.05, 0) is 229 Å². The molecule has 0 radical (unpaired) electrons. The zero-order valence-electron chi connectivity index (χ0n) is 52.9. The summed E-state index contributed by atoms with van der Waals surface area (Å²) in [4.78, 5) is 2.54. The first-order valence-electron chi connectivity index (χ1n) is 32.5. The number of fused-ring (bicyclic) bond motifs is 17. The molecule has 0 N–H and O–H groups in total. The molecule has 0 aromatic heterocycles. The van der Waals surface area contributed by atoms with Gasteiger partial charge >= 0.3 is 0 Å². The second-order valence-corrected chi connectivity index (χ2v) is 28.1. The van der Waals surface area contributed by atoms with Gasteiger partial charge in [0.25, 0.3) is 0 Å². The molecule has 18 rings (SSSR count). The molecule has 0 unspecified atom stereocenters. The van der Waals surface area contributed by atoms with Crippen LogP contribution in [0.2, 0.25) is 0 Å². The SMILES string of the molecule is Cc1ccc2c(c1)C(C)(C)c1cc(N(c3ccc4c(c3)C(C)(C)c3cc(C)ccc3-4)c3ccc4c(c3)C(C)(C)c3cc(-c5cc6c7ccccc7c(-c7ccc8c(c7)C(c7ccccc7)(c7ccccc7)c7ccccc7-8)cc6c6ccccc56)ccc3-4)ccc1-2. The third-order valence-corrected chi connectivity index (χ3v) is 22.0. The molecule has 0 heterocycles. The predicted molar refractivity (Wildman–Crippen MR) is 384 cm³/mol. The molecule has 14 aromatic rings. The van der Waals surface area contributed by atoms with Crippen LogP contribution in [0.1, 0.15) is 108 Å². The summed E-state index contributed by atoms with van der Waals surface area (Å²) in [6.07, 6.45) is 0. The maximum absolute atomic E-state index is 2.54. The first kappa shape index (κ1) is 53.7. The van der Waals surface area contributed by atoms with E-state index in [9.17, 15) is 0 Å². The van der Waals surface area contributed by atoms with Gasteiger partial charge < -0.3 is 4.90 Å². The average Bonchev–Trinajstić information content (AvgIpc) is 1.63. The van der Waals surface area contributed by atoms with Crippen LogP contribution in [0.4, 0.5) is 17.1 Å². The third-order valence-electron chi connectivity index (χ3n) is 22.0. The Balaban J connectivity index is 0.765. The van der Waals surface area contributed by atoms with E-state index in [2.05, 4.69) is 333 Å². The van der Waals surface area contributed by atoms with Crippen molar-refractivity contribution >= 4 is 49.4 Å². The van der Waals surface area contributed by atoms with Crippen LogP contribution in [-0.2, 0) is 21.7 Å². The number of anilines is 3. The zero-order chi connectivity index (χ0) is 61.4. The minimum absolute atomic E-state index is 0.152. The van der Waals surface area contributed by atoms with Crippen LogP contribution in [0, 0.1) is 13.8 Å². The highest BCUT2D eigenvalue weighted by Crippen LogP contribution is 2.59. The van der Waals surface area contributed by atoms with Crippen molar-refractivity contribution in [1.82, 2.24) is 0 Å². The largest absolute Gasteiger partial charge is 0.310 e. The Morgan fingerprint density at radius 1 is 0.220 bits per heavy atom. The maximum Gasteiger partial charge on any atom is 0.0713 e. The summed E-state index contributed by atoms with van der Waals surface area (Å²) in [5, 5.41) is 7.55. The zero-order valence-corrected chi connectivity index (χ0v) is 52.9. The van der Waals surface area contributed by atoms with E-state index in [0.29, 0.717) is 0 Å². The van der Waals surface area contributed by atoms with E-state index >= 15 is 0 Å². The highest BCUT2D eigenvalue weighted by atomic mass is 15.1. The van der Waals surface area contributed by atoms with Gasteiger partial charge in [-0.15, -0.1) is 0 Å². The lowest BCUT2D eigenvalue weighted by Crippen LogP contribution is -2.28. The predicted octanol–water partition coefficient (Wildman–Crippen LogP) is 23.8. The van der Waals surface area contributed by atoms with Crippen molar-refractivity contribution in [2.24, 2.45) is 0 Å². The van der Waals surface area contributed by atoms with Gasteiger partial charge in [-0.25, -0.2) is 0 Å². The Labute approximate surface area is 534 Å². The molecule has 0 aliphatic heterocycles. The number of benzene rings is 14. The Morgan fingerprint density at radius 3 is 0.978 bits per heavy atom. The van der Waals surface area contributed by atoms with Crippen molar-refractivity contribution < 1.29 is 0 Å². The molecule has 0 atom stereocenters. The molecule has 0 saturated heterocycles. The molecule has 0 fully saturated rings. The molecule has 91 heavy (non-hydrogen) atoms. The van der Waals surface area contributed by atoms with Crippen molar-refractivity contribution in [3.05, 3.63) is 340 Å². The van der Waals surface area contributed by atoms with Crippen LogP contribution in [0.15, 0.2) is 273 Å². The summed E-state index contributed by atoms with van der Waals surface area (Å²) >= 11 is 0. The molecule has 4 aliphatic carbocycles. The standard InChI is InChI=1S/C90H69N/c1-54-31-38-68-71-42-35-60(49-83(71)87(3,4)80(68)45-54)91(61-36-43-72-69-39-32-55(2)46-81(69)88(5,6)84(72)50-61)62-37-44-73-70-40-33-56(47-82(70)89(7,8)85(73)51-62)75-52-77-66-28-18-16-26-64(66)76(53-78(77)65-27-17-15-25-63(65)75)57-34-41-74-67-29-19-20-30-79(67)90(86(74)48-57,58-21-11-9-12-22-58)59-23-13-10-14-24-59/h9-53H,1-8H3. The van der Waals surface area contributed by atoms with Crippen LogP contribution in [0.5, 0.6) is 0 Å². The van der Waals surface area contributed by atoms with E-state index in [1.54, 1.807) is 0 Å². The van der Waals surface area contributed by atoms with E-state index in [1.165, 1.54) is 177 Å². The summed E-state index contributed by atoms with van der Waals surface area (Å²) in [6, 6.07) is 105. The quantitative estimate of drug-likeness (QED) is 0.144. The number of hydrogen-bond acceptors (Lipinski definition) is 1. The smallest absolute Gasteiger partial charge is 0.0713 e. The molecule has 0 spiro atoms. The lowest BCUT2D eigenvalue weighted by atomic mass is 9.67. The summed E-state index contributed by atoms with van der Waals surface area (Å²) in [7, 11) is 0. The maximum atomic E-state index is 2.54. The second kappa shape index (κ2) is 19.1. The highest BCUT2D eigenvalue weighted by Gasteiger charge is 2.47. The lowest BCUT2D eigenvalue weighted by Gasteiger charge is -2.34. The van der Waals surface area contributed by atoms with Crippen LogP contribution in [-0.4, -0.2) is 0 Å². The fourth-order valence-corrected chi connectivity index (χ4v) is 17.5. The minimum Gasteiger partial charge on any atom is -0.310 e. The average molecular weight is 1160 g/mol. The Bertz CT molecular complexity index is 5310. The number of rotatable bonds is 7. The van der Waals surface area contributed by atoms with E-state index in [0.717, 1.165) is 5.69 Å². The summed E-state index contributed by atoms with van der Waals surface area (Å²) in [6.45, 7) is 18.9. The Hall–Kier alpha value is -10.3. The first-order chi connectivity index (χ1) is 44.2. The fraction of sp³-hybridized carbons (Fsp3) is 0.133. The fourth-order valence-electron chi connectivity index (χ4n) is 17.5. The topological polar surface area (TPSA) is 3.24 Å². The van der Waals surface area contributed by atoms with Crippen molar-refractivity contribution in [1.29, 1.82) is 0 Å². The number of nitrogens with zero attached hydrogens (tertiary/aromatic N) is 1. The molecule has 0 amide bonds. The van der Waals surface area contributed by atoms with Gasteiger partial charge in [0.05, 0.1) is 5.41 Å². The van der Waals surface area contributed by atoms with Gasteiger partial charge in [0, 0.05) is 33.3 Å². The molecule has 0 bridgehead atoms. The Morgan fingerprint density at radius 2 is 0.538 bits per heavy atom. The van der Waals surface area contributed by atoms with E-state index in [4.69, 9.17) is 0 Å². The Kier molecular flexibility index (Phi) is 11.3. The third kappa shape index (κ3) is 7.47. The molecular weight excluding hydrogens is 1090 g/mol. The molecular formula is C90H69N. The summed E-state index contributed by atoms with van der Waals surface area (Å²) in [5.74, 6) is 0. The van der Waals surface area contributed by atoms with Gasteiger partial charge in [-0.1, -0.05) is 265 Å². The van der Waals surface area contributed by atoms with Crippen molar-refractivity contribution in [2.45, 2.75) is 77.0 Å². The molecule has 434 valence electrons. The van der Waals surface area contributed by atoms with Crippen LogP contribution in [0.25, 0.3) is 99.1 Å². The highest BCUT2D eigenvalue weighted by molar-refractivity contribution is 6.24. The van der Waals surface area contributed by atoms with Gasteiger partial charge in [0.1, 0.15) is 0 Å². The molecule has 1 nitrogen and oxygen atoms in total.